The third-order valence-electron chi connectivity index (χ3n) is 3.13. The van der Waals surface area contributed by atoms with Crippen molar-refractivity contribution in [2.45, 2.75) is 6.92 Å². The molecule has 1 heterocycles. The Kier molecular flexibility index (Phi) is 3.57. The van der Waals surface area contributed by atoms with Gasteiger partial charge < -0.3 is 10.2 Å². The Bertz CT molecular complexity index is 862. The van der Waals surface area contributed by atoms with Crippen LogP contribution in [-0.2, 0) is 0 Å². The van der Waals surface area contributed by atoms with Crippen LogP contribution < -0.4 is 5.43 Å². The first-order valence-electron chi connectivity index (χ1n) is 6.68. The number of phenolic OH excluding ortho intramolecular Hbond substituents is 2. The predicted octanol–water partition coefficient (Wildman–Crippen LogP) is 2.80. The van der Waals surface area contributed by atoms with Gasteiger partial charge in [-0.25, -0.2) is 9.97 Å². The molecule has 0 atom stereocenters. The minimum absolute atomic E-state index is 0.00107. The number of para-hydroxylation sites is 2. The van der Waals surface area contributed by atoms with Crippen LogP contribution in [0, 0.1) is 6.92 Å². The first kappa shape index (κ1) is 13.8. The van der Waals surface area contributed by atoms with Crippen molar-refractivity contribution in [2.24, 2.45) is 5.10 Å². The summed E-state index contributed by atoms with van der Waals surface area (Å²) < 4.78 is 0. The number of hydrogen-bond acceptors (Lipinski definition) is 6. The van der Waals surface area contributed by atoms with Gasteiger partial charge in [0, 0.05) is 11.6 Å². The molecular formula is C16H14N4O2. The number of phenols is 2. The first-order valence-corrected chi connectivity index (χ1v) is 6.68. The zero-order valence-corrected chi connectivity index (χ0v) is 11.9. The third-order valence-corrected chi connectivity index (χ3v) is 3.13. The fourth-order valence-corrected chi connectivity index (χ4v) is 2.00. The van der Waals surface area contributed by atoms with E-state index in [1.165, 1.54) is 18.3 Å². The molecule has 0 aliphatic carbocycles. The maximum atomic E-state index is 9.68. The maximum absolute atomic E-state index is 9.68. The van der Waals surface area contributed by atoms with Crippen LogP contribution in [0.5, 0.6) is 11.5 Å². The summed E-state index contributed by atoms with van der Waals surface area (Å²) in [5.41, 5.74) is 5.63. The predicted molar refractivity (Wildman–Crippen MR) is 85.3 cm³/mol. The molecule has 0 aliphatic rings. The number of nitrogens with zero attached hydrogens (tertiary/aromatic N) is 3. The average molecular weight is 294 g/mol. The molecule has 0 bridgehead atoms. The van der Waals surface area contributed by atoms with Gasteiger partial charge in [0.05, 0.1) is 22.9 Å². The van der Waals surface area contributed by atoms with Gasteiger partial charge in [-0.3, -0.25) is 5.43 Å². The smallest absolute Gasteiger partial charge is 0.168 e. The van der Waals surface area contributed by atoms with E-state index in [4.69, 9.17) is 0 Å². The fraction of sp³-hybridized carbons (Fsp3) is 0.0625. The van der Waals surface area contributed by atoms with Crippen molar-refractivity contribution in [3.63, 3.8) is 0 Å². The molecule has 0 amide bonds. The van der Waals surface area contributed by atoms with Gasteiger partial charge in [0.1, 0.15) is 11.5 Å². The molecule has 1 aromatic heterocycles. The standard InChI is InChI=1S/C16H14N4O2/c1-10-16(19-14-5-3-2-4-13(14)18-10)20-17-9-11-6-7-12(21)8-15(11)22/h2-9,21-22H,1H3,(H,19,20)/b17-9+. The van der Waals surface area contributed by atoms with Crippen LogP contribution in [0.2, 0.25) is 0 Å². The second-order valence-corrected chi connectivity index (χ2v) is 4.76. The Morgan fingerprint density at radius 2 is 1.77 bits per heavy atom. The normalized spacial score (nSPS) is 11.1. The van der Waals surface area contributed by atoms with E-state index in [1.54, 1.807) is 6.07 Å². The fourth-order valence-electron chi connectivity index (χ4n) is 2.00. The molecule has 0 saturated carbocycles. The van der Waals surface area contributed by atoms with Crippen LogP contribution in [0.4, 0.5) is 5.82 Å². The van der Waals surface area contributed by atoms with E-state index in [0.29, 0.717) is 11.4 Å². The Hall–Kier alpha value is -3.15. The minimum atomic E-state index is -0.0492. The lowest BCUT2D eigenvalue weighted by Crippen LogP contribution is -1.99. The van der Waals surface area contributed by atoms with E-state index >= 15 is 0 Å². The molecule has 0 aliphatic heterocycles. The minimum Gasteiger partial charge on any atom is -0.508 e. The lowest BCUT2D eigenvalue weighted by atomic mass is 10.2. The molecule has 2 aromatic carbocycles. The Labute approximate surface area is 126 Å². The quantitative estimate of drug-likeness (QED) is 0.510. The zero-order valence-electron chi connectivity index (χ0n) is 11.9. The third kappa shape index (κ3) is 2.80. The number of nitrogens with one attached hydrogen (secondary N) is 1. The first-order chi connectivity index (χ1) is 10.6. The van der Waals surface area contributed by atoms with Crippen molar-refractivity contribution < 1.29 is 10.2 Å². The summed E-state index contributed by atoms with van der Waals surface area (Å²) in [4.78, 5) is 8.90. The molecule has 0 fully saturated rings. The Morgan fingerprint density at radius 1 is 1.05 bits per heavy atom. The summed E-state index contributed by atoms with van der Waals surface area (Å²) in [7, 11) is 0. The van der Waals surface area contributed by atoms with Crippen molar-refractivity contribution in [3.05, 3.63) is 53.7 Å². The van der Waals surface area contributed by atoms with Crippen molar-refractivity contribution >= 4 is 23.1 Å². The van der Waals surface area contributed by atoms with Crippen molar-refractivity contribution in [1.82, 2.24) is 9.97 Å². The van der Waals surface area contributed by atoms with E-state index in [1.807, 2.05) is 31.2 Å². The van der Waals surface area contributed by atoms with Gasteiger partial charge in [-0.05, 0) is 31.2 Å². The second-order valence-electron chi connectivity index (χ2n) is 4.76. The van der Waals surface area contributed by atoms with Crippen LogP contribution in [-0.4, -0.2) is 26.4 Å². The number of fused-ring (bicyclic) bond motifs is 1. The highest BCUT2D eigenvalue weighted by molar-refractivity contribution is 5.84. The zero-order chi connectivity index (χ0) is 15.5. The van der Waals surface area contributed by atoms with Gasteiger partial charge in [0.2, 0.25) is 0 Å². The van der Waals surface area contributed by atoms with Crippen LogP contribution >= 0.6 is 0 Å². The maximum Gasteiger partial charge on any atom is 0.168 e. The molecule has 0 saturated heterocycles. The number of aryl methyl sites for hydroxylation is 1. The largest absolute Gasteiger partial charge is 0.508 e. The number of hydrogen-bond donors (Lipinski definition) is 3. The van der Waals surface area contributed by atoms with E-state index in [2.05, 4.69) is 20.5 Å². The number of hydrazone groups is 1. The molecule has 6 nitrogen and oxygen atoms in total. The van der Waals surface area contributed by atoms with Gasteiger partial charge in [-0.2, -0.15) is 5.10 Å². The molecule has 3 rings (SSSR count). The number of benzene rings is 2. The SMILES string of the molecule is Cc1nc2ccccc2nc1N/N=C/c1ccc(O)cc1O. The van der Waals surface area contributed by atoms with Crippen LogP contribution in [0.3, 0.4) is 0 Å². The van der Waals surface area contributed by atoms with Gasteiger partial charge in [-0.15, -0.1) is 0 Å². The highest BCUT2D eigenvalue weighted by Crippen LogP contribution is 2.21. The molecule has 3 N–H and O–H groups in total. The summed E-state index contributed by atoms with van der Waals surface area (Å²) in [5, 5.41) is 23.0. The van der Waals surface area contributed by atoms with Crippen molar-refractivity contribution in [1.29, 1.82) is 0 Å². The molecule has 0 unspecified atom stereocenters. The van der Waals surface area contributed by atoms with Crippen LogP contribution in [0.25, 0.3) is 11.0 Å². The van der Waals surface area contributed by atoms with E-state index in [-0.39, 0.29) is 11.5 Å². The average Bonchev–Trinajstić information content (AvgIpc) is 2.50. The van der Waals surface area contributed by atoms with Crippen molar-refractivity contribution in [3.8, 4) is 11.5 Å². The lowest BCUT2D eigenvalue weighted by molar-refractivity contribution is 0.450. The Balaban J connectivity index is 1.84. The van der Waals surface area contributed by atoms with Crippen LogP contribution in [0.1, 0.15) is 11.3 Å². The highest BCUT2D eigenvalue weighted by atomic mass is 16.3. The van der Waals surface area contributed by atoms with Crippen LogP contribution in [0.15, 0.2) is 47.6 Å². The van der Waals surface area contributed by atoms with E-state index < -0.39 is 0 Å². The molecule has 3 aromatic rings. The summed E-state index contributed by atoms with van der Waals surface area (Å²) in [6.07, 6.45) is 1.45. The molecular weight excluding hydrogens is 280 g/mol. The number of rotatable bonds is 3. The lowest BCUT2D eigenvalue weighted by Gasteiger charge is -2.05. The second kappa shape index (κ2) is 5.69. The molecule has 110 valence electrons. The summed E-state index contributed by atoms with van der Waals surface area (Å²) >= 11 is 0. The number of aromatic hydroxyl groups is 2. The topological polar surface area (TPSA) is 90.6 Å². The van der Waals surface area contributed by atoms with Gasteiger partial charge in [0.15, 0.2) is 5.82 Å². The molecule has 22 heavy (non-hydrogen) atoms. The van der Waals surface area contributed by atoms with E-state index in [9.17, 15) is 10.2 Å². The molecule has 0 spiro atoms. The van der Waals surface area contributed by atoms with Gasteiger partial charge >= 0.3 is 0 Å². The van der Waals surface area contributed by atoms with Gasteiger partial charge in [0.25, 0.3) is 0 Å². The number of anilines is 1. The van der Waals surface area contributed by atoms with E-state index in [0.717, 1.165) is 16.7 Å². The molecule has 0 radical (unpaired) electrons. The molecule has 6 heteroatoms. The highest BCUT2D eigenvalue weighted by Gasteiger charge is 2.04. The van der Waals surface area contributed by atoms with Crippen molar-refractivity contribution in [2.75, 3.05) is 5.43 Å². The van der Waals surface area contributed by atoms with Gasteiger partial charge in [-0.1, -0.05) is 12.1 Å². The monoisotopic (exact) mass is 294 g/mol. The summed E-state index contributed by atoms with van der Waals surface area (Å²) in [6, 6.07) is 11.9. The number of aromatic nitrogens is 2. The summed E-state index contributed by atoms with van der Waals surface area (Å²) in [5.74, 6) is 0.499. The summed E-state index contributed by atoms with van der Waals surface area (Å²) in [6.45, 7) is 1.84. The Morgan fingerprint density at radius 3 is 2.50 bits per heavy atom.